The molecule has 0 radical (unpaired) electrons. The Morgan fingerprint density at radius 1 is 0.947 bits per heavy atom. The van der Waals surface area contributed by atoms with Crippen molar-refractivity contribution in [1.29, 1.82) is 0 Å². The van der Waals surface area contributed by atoms with Crippen molar-refractivity contribution >= 4 is 44.8 Å². The van der Waals surface area contributed by atoms with E-state index in [2.05, 4.69) is 28.2 Å². The number of unbranched alkanes of at least 4 members (excludes halogenated alkanes) is 6. The second-order valence-electron chi connectivity index (χ2n) is 4.77. The Hall–Kier alpha value is 0.0800. The fourth-order valence-electron chi connectivity index (χ4n) is 1.97. The van der Waals surface area contributed by atoms with Crippen LogP contribution in [-0.2, 0) is 0 Å². The Morgan fingerprint density at radius 2 is 1.58 bits per heavy atom. The first-order valence-corrected chi connectivity index (χ1v) is 8.59. The van der Waals surface area contributed by atoms with Crippen molar-refractivity contribution in [3.8, 4) is 0 Å². The van der Waals surface area contributed by atoms with Gasteiger partial charge < -0.3 is 5.32 Å². The summed E-state index contributed by atoms with van der Waals surface area (Å²) in [6, 6.07) is 3.88. The number of nitrogens with one attached hydrogen (secondary N) is 1. The summed E-state index contributed by atoms with van der Waals surface area (Å²) < 4.78 is 0.834. The molecule has 1 rings (SSSR count). The summed E-state index contributed by atoms with van der Waals surface area (Å²) in [5.41, 5.74) is 0.917. The number of anilines is 1. The van der Waals surface area contributed by atoms with E-state index in [0.717, 1.165) is 16.7 Å². The minimum atomic E-state index is 0.575. The van der Waals surface area contributed by atoms with Gasteiger partial charge in [0.1, 0.15) is 0 Å². The third-order valence-corrected chi connectivity index (χ3v) is 4.90. The molecule has 0 atom stereocenters. The fraction of sp³-hybridized carbons (Fsp3) is 0.600. The van der Waals surface area contributed by atoms with Crippen LogP contribution in [0.3, 0.4) is 0 Å². The van der Waals surface area contributed by atoms with Gasteiger partial charge in [0.15, 0.2) is 0 Å². The predicted octanol–water partition coefficient (Wildman–Crippen LogP) is 6.92. The number of rotatable bonds is 9. The third kappa shape index (κ3) is 6.37. The number of benzene rings is 1. The molecule has 0 spiro atoms. The molecule has 1 N–H and O–H groups in total. The molecule has 1 aromatic rings. The highest BCUT2D eigenvalue weighted by Gasteiger charge is 2.07. The van der Waals surface area contributed by atoms with Crippen molar-refractivity contribution in [2.75, 3.05) is 11.9 Å². The van der Waals surface area contributed by atoms with Crippen LogP contribution in [0.1, 0.15) is 51.9 Å². The van der Waals surface area contributed by atoms with Crippen LogP contribution < -0.4 is 5.32 Å². The van der Waals surface area contributed by atoms with Gasteiger partial charge in [-0.3, -0.25) is 0 Å². The van der Waals surface area contributed by atoms with Crippen LogP contribution in [0.2, 0.25) is 10.0 Å². The summed E-state index contributed by atoms with van der Waals surface area (Å²) in [7, 11) is 0. The average molecular weight is 367 g/mol. The molecule has 19 heavy (non-hydrogen) atoms. The van der Waals surface area contributed by atoms with Gasteiger partial charge >= 0.3 is 0 Å². The van der Waals surface area contributed by atoms with Gasteiger partial charge in [-0.25, -0.2) is 0 Å². The van der Waals surface area contributed by atoms with Crippen LogP contribution in [0.4, 0.5) is 5.69 Å². The quantitative estimate of drug-likeness (QED) is 0.369. The molecule has 0 saturated heterocycles. The van der Waals surface area contributed by atoms with E-state index in [1.807, 2.05) is 12.1 Å². The largest absolute Gasteiger partial charge is 0.384 e. The molecule has 0 aliphatic rings. The molecule has 1 nitrogen and oxygen atoms in total. The van der Waals surface area contributed by atoms with E-state index >= 15 is 0 Å². The van der Waals surface area contributed by atoms with Gasteiger partial charge in [-0.2, -0.15) is 0 Å². The smallest absolute Gasteiger partial charge is 0.0835 e. The van der Waals surface area contributed by atoms with E-state index < -0.39 is 0 Å². The maximum atomic E-state index is 6.17. The molecular weight excluding hydrogens is 345 g/mol. The lowest BCUT2D eigenvalue weighted by Crippen LogP contribution is -2.02. The topological polar surface area (TPSA) is 12.0 Å². The number of hydrogen-bond donors (Lipinski definition) is 1. The zero-order chi connectivity index (χ0) is 14.1. The van der Waals surface area contributed by atoms with Gasteiger partial charge in [0.25, 0.3) is 0 Å². The molecule has 4 heteroatoms. The summed E-state index contributed by atoms with van der Waals surface area (Å²) in [4.78, 5) is 0. The average Bonchev–Trinajstić information content (AvgIpc) is 2.41. The molecule has 0 fully saturated rings. The van der Waals surface area contributed by atoms with Crippen molar-refractivity contribution in [3.05, 3.63) is 26.7 Å². The van der Waals surface area contributed by atoms with Gasteiger partial charge in [0.2, 0.25) is 0 Å². The van der Waals surface area contributed by atoms with Crippen LogP contribution in [0, 0.1) is 0 Å². The first-order chi connectivity index (χ1) is 9.16. The Morgan fingerprint density at radius 3 is 2.26 bits per heavy atom. The van der Waals surface area contributed by atoms with Crippen molar-refractivity contribution in [1.82, 2.24) is 0 Å². The summed E-state index contributed by atoms with van der Waals surface area (Å²) in [6.07, 6.45) is 9.19. The van der Waals surface area contributed by atoms with E-state index in [4.69, 9.17) is 23.2 Å². The highest BCUT2D eigenvalue weighted by atomic mass is 79.9. The van der Waals surface area contributed by atoms with Gasteiger partial charge in [-0.05, 0) is 34.5 Å². The second-order valence-corrected chi connectivity index (χ2v) is 6.38. The summed E-state index contributed by atoms with van der Waals surface area (Å²) in [5, 5.41) is 4.52. The van der Waals surface area contributed by atoms with E-state index in [1.54, 1.807) is 0 Å². The van der Waals surface area contributed by atoms with Gasteiger partial charge in [-0.15, -0.1) is 0 Å². The fourth-order valence-corrected chi connectivity index (χ4v) is 2.81. The Bertz CT molecular complexity index is 383. The van der Waals surface area contributed by atoms with Crippen molar-refractivity contribution in [2.24, 2.45) is 0 Å². The monoisotopic (exact) mass is 365 g/mol. The molecule has 1 aromatic carbocycles. The third-order valence-electron chi connectivity index (χ3n) is 3.13. The Kier molecular flexibility index (Phi) is 8.93. The number of halogens is 3. The van der Waals surface area contributed by atoms with Crippen LogP contribution in [0.5, 0.6) is 0 Å². The Labute approximate surface area is 135 Å². The van der Waals surface area contributed by atoms with Crippen LogP contribution >= 0.6 is 39.1 Å². The predicted molar refractivity (Wildman–Crippen MR) is 90.6 cm³/mol. The van der Waals surface area contributed by atoms with Crippen LogP contribution in [-0.4, -0.2) is 6.54 Å². The van der Waals surface area contributed by atoms with Crippen molar-refractivity contribution in [2.45, 2.75) is 51.9 Å². The molecule has 0 aliphatic carbocycles. The van der Waals surface area contributed by atoms with Crippen molar-refractivity contribution in [3.63, 3.8) is 0 Å². The SMILES string of the molecule is CCCCCCCCCNc1ccc(Br)c(Cl)c1Cl. The van der Waals surface area contributed by atoms with Gasteiger partial charge in [0, 0.05) is 11.0 Å². The lowest BCUT2D eigenvalue weighted by Gasteiger charge is -2.10. The molecule has 0 heterocycles. The van der Waals surface area contributed by atoms with E-state index in [9.17, 15) is 0 Å². The lowest BCUT2D eigenvalue weighted by atomic mass is 10.1. The van der Waals surface area contributed by atoms with Gasteiger partial charge in [-0.1, -0.05) is 68.7 Å². The highest BCUT2D eigenvalue weighted by molar-refractivity contribution is 9.10. The zero-order valence-corrected chi connectivity index (χ0v) is 14.5. The van der Waals surface area contributed by atoms with E-state index in [-0.39, 0.29) is 0 Å². The molecule has 0 unspecified atom stereocenters. The molecule has 0 saturated carbocycles. The van der Waals surface area contributed by atoms with Crippen LogP contribution in [0.25, 0.3) is 0 Å². The molecule has 0 aliphatic heterocycles. The summed E-state index contributed by atoms with van der Waals surface area (Å²) in [6.45, 7) is 3.20. The second kappa shape index (κ2) is 9.90. The first kappa shape index (κ1) is 17.1. The maximum Gasteiger partial charge on any atom is 0.0835 e. The normalized spacial score (nSPS) is 10.7. The number of hydrogen-bond acceptors (Lipinski definition) is 1. The van der Waals surface area contributed by atoms with E-state index in [0.29, 0.717) is 10.0 Å². The van der Waals surface area contributed by atoms with E-state index in [1.165, 1.54) is 44.9 Å². The van der Waals surface area contributed by atoms with Gasteiger partial charge in [0.05, 0.1) is 15.7 Å². The van der Waals surface area contributed by atoms with Crippen LogP contribution in [0.15, 0.2) is 16.6 Å². The zero-order valence-electron chi connectivity index (χ0n) is 11.4. The lowest BCUT2D eigenvalue weighted by molar-refractivity contribution is 0.596. The summed E-state index contributed by atoms with van der Waals surface area (Å²) >= 11 is 15.6. The van der Waals surface area contributed by atoms with Crippen molar-refractivity contribution < 1.29 is 0 Å². The molecule has 0 aromatic heterocycles. The standard InChI is InChI=1S/C15H22BrCl2N/c1-2-3-4-5-6-7-8-11-19-13-10-9-12(16)14(17)15(13)18/h9-10,19H,2-8,11H2,1H3. The Balaban J connectivity index is 2.18. The molecule has 0 bridgehead atoms. The highest BCUT2D eigenvalue weighted by Crippen LogP contribution is 2.35. The molecule has 0 amide bonds. The molecular formula is C15H22BrCl2N. The maximum absolute atomic E-state index is 6.17. The molecule has 108 valence electrons. The summed E-state index contributed by atoms with van der Waals surface area (Å²) in [5.74, 6) is 0. The first-order valence-electron chi connectivity index (χ1n) is 7.04. The minimum Gasteiger partial charge on any atom is -0.384 e. The minimum absolute atomic E-state index is 0.575.